The van der Waals surface area contributed by atoms with E-state index in [0.717, 1.165) is 31.6 Å². The van der Waals surface area contributed by atoms with Crippen molar-refractivity contribution in [3.05, 3.63) is 56.0 Å². The second-order valence-corrected chi connectivity index (χ2v) is 7.22. The minimum Gasteiger partial charge on any atom is -0.496 e. The number of methoxy groups -OCH3 is 2. The second-order valence-electron chi connectivity index (χ2n) is 4.60. The predicted molar refractivity (Wildman–Crippen MR) is 96.9 cm³/mol. The highest BCUT2D eigenvalue weighted by Gasteiger charge is 2.18. The number of halogens is 3. The van der Waals surface area contributed by atoms with Gasteiger partial charge >= 0.3 is 0 Å². The van der Waals surface area contributed by atoms with E-state index in [1.807, 2.05) is 12.1 Å². The molecule has 2 nitrogen and oxygen atoms in total. The minimum atomic E-state index is 0.0198. The zero-order valence-electron chi connectivity index (χ0n) is 11.9. The van der Waals surface area contributed by atoms with Crippen LogP contribution >= 0.6 is 47.8 Å². The lowest BCUT2D eigenvalue weighted by molar-refractivity contribution is 0.397. The van der Waals surface area contributed by atoms with Crippen LogP contribution in [0.25, 0.3) is 0 Å². The summed E-state index contributed by atoms with van der Waals surface area (Å²) in [6.45, 7) is 2.07. The van der Waals surface area contributed by atoms with Crippen molar-refractivity contribution in [2.75, 3.05) is 14.2 Å². The van der Waals surface area contributed by atoms with Crippen LogP contribution in [0.1, 0.15) is 21.5 Å². The highest BCUT2D eigenvalue weighted by atomic mass is 79.9. The molecule has 0 heterocycles. The van der Waals surface area contributed by atoms with Gasteiger partial charge in [0.25, 0.3) is 0 Å². The first-order valence-electron chi connectivity index (χ1n) is 6.29. The van der Waals surface area contributed by atoms with Gasteiger partial charge in [0.2, 0.25) is 0 Å². The molecular weight excluding hydrogens is 464 g/mol. The number of alkyl halides is 1. The maximum absolute atomic E-state index is 5.49. The third-order valence-corrected chi connectivity index (χ3v) is 5.76. The Balaban J connectivity index is 2.50. The molecular formula is C16H15Br3O2. The van der Waals surface area contributed by atoms with Gasteiger partial charge in [0.15, 0.2) is 0 Å². The Bertz CT molecular complexity index is 656. The number of hydrogen-bond donors (Lipinski definition) is 0. The van der Waals surface area contributed by atoms with Crippen molar-refractivity contribution >= 4 is 47.8 Å². The minimum absolute atomic E-state index is 0.0198. The van der Waals surface area contributed by atoms with Crippen molar-refractivity contribution in [3.63, 3.8) is 0 Å². The summed E-state index contributed by atoms with van der Waals surface area (Å²) in [5.41, 5.74) is 3.38. The summed E-state index contributed by atoms with van der Waals surface area (Å²) in [6, 6.07) is 10.2. The SMILES string of the molecule is COc1cc(C(Br)c2ccc(C)c(Br)c2)c(OC)cc1Br. The molecule has 0 spiro atoms. The first-order chi connectivity index (χ1) is 9.97. The van der Waals surface area contributed by atoms with Crippen LogP contribution in [0.15, 0.2) is 39.3 Å². The molecule has 2 aromatic carbocycles. The fourth-order valence-corrected chi connectivity index (χ4v) is 3.55. The van der Waals surface area contributed by atoms with Gasteiger partial charge in [-0.3, -0.25) is 0 Å². The molecule has 0 N–H and O–H groups in total. The zero-order chi connectivity index (χ0) is 15.6. The topological polar surface area (TPSA) is 18.5 Å². The average Bonchev–Trinajstić information content (AvgIpc) is 2.49. The lowest BCUT2D eigenvalue weighted by Crippen LogP contribution is -1.99. The molecule has 2 aromatic rings. The Morgan fingerprint density at radius 3 is 2.14 bits per heavy atom. The van der Waals surface area contributed by atoms with Crippen LogP contribution in [0.5, 0.6) is 11.5 Å². The third-order valence-electron chi connectivity index (χ3n) is 3.27. The second kappa shape index (κ2) is 7.16. The maximum Gasteiger partial charge on any atom is 0.133 e. The molecule has 5 heteroatoms. The predicted octanol–water partition coefficient (Wildman–Crippen LogP) is 6.02. The van der Waals surface area contributed by atoms with E-state index in [-0.39, 0.29) is 4.83 Å². The highest BCUT2D eigenvalue weighted by Crippen LogP contribution is 2.42. The Hall–Kier alpha value is -0.520. The Labute approximate surface area is 150 Å². The van der Waals surface area contributed by atoms with Gasteiger partial charge in [-0.1, -0.05) is 44.0 Å². The van der Waals surface area contributed by atoms with Crippen molar-refractivity contribution in [2.24, 2.45) is 0 Å². The van der Waals surface area contributed by atoms with Crippen LogP contribution in [0.4, 0.5) is 0 Å². The van der Waals surface area contributed by atoms with E-state index >= 15 is 0 Å². The zero-order valence-corrected chi connectivity index (χ0v) is 16.7. The summed E-state index contributed by atoms with van der Waals surface area (Å²) in [7, 11) is 3.32. The largest absolute Gasteiger partial charge is 0.496 e. The Kier molecular flexibility index (Phi) is 5.74. The summed E-state index contributed by atoms with van der Waals surface area (Å²) in [5, 5.41) is 0. The van der Waals surface area contributed by atoms with E-state index in [4.69, 9.17) is 9.47 Å². The van der Waals surface area contributed by atoms with Crippen molar-refractivity contribution in [1.82, 2.24) is 0 Å². The molecule has 1 unspecified atom stereocenters. The summed E-state index contributed by atoms with van der Waals surface area (Å²) < 4.78 is 12.8. The summed E-state index contributed by atoms with van der Waals surface area (Å²) in [5.74, 6) is 1.59. The first kappa shape index (κ1) is 16.8. The van der Waals surface area contributed by atoms with Crippen LogP contribution in [0, 0.1) is 6.92 Å². The highest BCUT2D eigenvalue weighted by molar-refractivity contribution is 9.11. The number of benzene rings is 2. The average molecular weight is 479 g/mol. The van der Waals surface area contributed by atoms with Crippen molar-refractivity contribution < 1.29 is 9.47 Å². The Morgan fingerprint density at radius 1 is 0.905 bits per heavy atom. The van der Waals surface area contributed by atoms with Gasteiger partial charge in [-0.2, -0.15) is 0 Å². The van der Waals surface area contributed by atoms with Gasteiger partial charge in [-0.25, -0.2) is 0 Å². The molecule has 0 fully saturated rings. The molecule has 0 aliphatic rings. The lowest BCUT2D eigenvalue weighted by atomic mass is 10.0. The number of hydrogen-bond acceptors (Lipinski definition) is 2. The quantitative estimate of drug-likeness (QED) is 0.500. The van der Waals surface area contributed by atoms with Gasteiger partial charge in [0, 0.05) is 10.0 Å². The first-order valence-corrected chi connectivity index (χ1v) is 8.79. The van der Waals surface area contributed by atoms with E-state index in [2.05, 4.69) is 72.9 Å². The van der Waals surface area contributed by atoms with E-state index in [0.29, 0.717) is 0 Å². The molecule has 0 radical (unpaired) electrons. The van der Waals surface area contributed by atoms with Crippen LogP contribution in [-0.2, 0) is 0 Å². The van der Waals surface area contributed by atoms with Gasteiger partial charge in [-0.05, 0) is 52.2 Å². The lowest BCUT2D eigenvalue weighted by Gasteiger charge is -2.17. The molecule has 0 saturated heterocycles. The van der Waals surface area contributed by atoms with Crippen LogP contribution in [-0.4, -0.2) is 14.2 Å². The van der Waals surface area contributed by atoms with E-state index in [1.165, 1.54) is 5.56 Å². The molecule has 1 atom stereocenters. The molecule has 0 bridgehead atoms. The summed E-state index contributed by atoms with van der Waals surface area (Å²) in [6.07, 6.45) is 0. The number of aryl methyl sites for hydroxylation is 1. The number of ether oxygens (including phenoxy) is 2. The molecule has 0 saturated carbocycles. The monoisotopic (exact) mass is 476 g/mol. The third kappa shape index (κ3) is 3.63. The van der Waals surface area contributed by atoms with Crippen molar-refractivity contribution in [1.29, 1.82) is 0 Å². The molecule has 112 valence electrons. The molecule has 21 heavy (non-hydrogen) atoms. The van der Waals surface area contributed by atoms with Gasteiger partial charge in [0.05, 0.1) is 23.5 Å². The van der Waals surface area contributed by atoms with Crippen LogP contribution < -0.4 is 9.47 Å². The standard InChI is InChI=1S/C16H15Br3O2/c1-9-4-5-10(6-12(9)17)16(19)11-7-15(21-3)13(18)8-14(11)20-2/h4-8,16H,1-3H3. The van der Waals surface area contributed by atoms with Gasteiger partial charge < -0.3 is 9.47 Å². The maximum atomic E-state index is 5.49. The van der Waals surface area contributed by atoms with Crippen LogP contribution in [0.2, 0.25) is 0 Å². The van der Waals surface area contributed by atoms with E-state index < -0.39 is 0 Å². The van der Waals surface area contributed by atoms with E-state index in [9.17, 15) is 0 Å². The normalized spacial score (nSPS) is 12.1. The van der Waals surface area contributed by atoms with E-state index in [1.54, 1.807) is 14.2 Å². The smallest absolute Gasteiger partial charge is 0.133 e. The summed E-state index contributed by atoms with van der Waals surface area (Å²) in [4.78, 5) is 0.0198. The van der Waals surface area contributed by atoms with Crippen molar-refractivity contribution in [3.8, 4) is 11.5 Å². The van der Waals surface area contributed by atoms with Crippen LogP contribution in [0.3, 0.4) is 0 Å². The molecule has 2 rings (SSSR count). The molecule has 0 aliphatic heterocycles. The molecule has 0 amide bonds. The number of rotatable bonds is 4. The van der Waals surface area contributed by atoms with Gasteiger partial charge in [-0.15, -0.1) is 0 Å². The fraction of sp³-hybridized carbons (Fsp3) is 0.250. The molecule has 0 aromatic heterocycles. The Morgan fingerprint density at radius 2 is 1.57 bits per heavy atom. The van der Waals surface area contributed by atoms with Gasteiger partial charge in [0.1, 0.15) is 11.5 Å². The van der Waals surface area contributed by atoms with Crippen molar-refractivity contribution in [2.45, 2.75) is 11.8 Å². The fourth-order valence-electron chi connectivity index (χ4n) is 2.03. The summed E-state index contributed by atoms with van der Waals surface area (Å²) >= 11 is 10.8. The molecule has 0 aliphatic carbocycles.